The van der Waals surface area contributed by atoms with Crippen LogP contribution in [0.2, 0.25) is 0 Å². The number of hydrazone groups is 1. The summed E-state index contributed by atoms with van der Waals surface area (Å²) in [4.78, 5) is 15.8. The maximum Gasteiger partial charge on any atom is 0.264 e. The number of rotatable bonds is 14. The number of hydrogen-bond donors (Lipinski definition) is 2. The van der Waals surface area contributed by atoms with Gasteiger partial charge in [-0.15, -0.1) is 5.10 Å². The van der Waals surface area contributed by atoms with E-state index in [9.17, 15) is 21.6 Å². The quantitative estimate of drug-likeness (QED) is 0.0877. The number of sulfonamides is 2. The Hall–Kier alpha value is -4.73. The van der Waals surface area contributed by atoms with Crippen LogP contribution in [0.1, 0.15) is 45.6 Å². The van der Waals surface area contributed by atoms with E-state index in [1.807, 2.05) is 35.9 Å². The van der Waals surface area contributed by atoms with Crippen LogP contribution in [-0.4, -0.2) is 67.1 Å². The van der Waals surface area contributed by atoms with Crippen molar-refractivity contribution in [3.63, 3.8) is 0 Å². The molecule has 0 saturated heterocycles. The molecule has 15 heteroatoms. The smallest absolute Gasteiger partial charge is 0.264 e. The van der Waals surface area contributed by atoms with Crippen molar-refractivity contribution in [2.75, 3.05) is 13.1 Å². The van der Waals surface area contributed by atoms with Crippen LogP contribution >= 0.6 is 0 Å². The lowest BCUT2D eigenvalue weighted by Gasteiger charge is -2.20. The second-order valence-corrected chi connectivity index (χ2v) is 13.9. The van der Waals surface area contributed by atoms with Gasteiger partial charge in [-0.1, -0.05) is 50.1 Å². The maximum absolute atomic E-state index is 13.1. The Morgan fingerprint density at radius 3 is 2.30 bits per heavy atom. The van der Waals surface area contributed by atoms with Crippen molar-refractivity contribution in [1.29, 1.82) is 0 Å². The van der Waals surface area contributed by atoms with Gasteiger partial charge in [-0.25, -0.2) is 26.2 Å². The number of carbonyl (C=O) groups excluding carboxylic acids is 1. The minimum Gasteiger partial charge on any atom is -0.323 e. The monoisotopic (exact) mass is 664 g/mol. The van der Waals surface area contributed by atoms with Crippen LogP contribution in [0, 0.1) is 0 Å². The number of carbonyl (C=O) groups is 1. The van der Waals surface area contributed by atoms with Crippen molar-refractivity contribution in [2.45, 2.75) is 49.8 Å². The predicted molar refractivity (Wildman–Crippen MR) is 177 cm³/mol. The minimum absolute atomic E-state index is 0.0586. The molecule has 1 amide bonds. The van der Waals surface area contributed by atoms with E-state index in [0.717, 1.165) is 31.7 Å². The summed E-state index contributed by atoms with van der Waals surface area (Å²) in [5, 5.41) is 12.3. The topological polar surface area (TPSA) is 182 Å². The molecule has 0 aliphatic heterocycles. The fourth-order valence-electron chi connectivity index (χ4n) is 4.54. The molecule has 1 heterocycles. The second kappa shape index (κ2) is 15.0. The zero-order valence-electron chi connectivity index (χ0n) is 25.7. The Labute approximate surface area is 269 Å². The Morgan fingerprint density at radius 2 is 1.67 bits per heavy atom. The van der Waals surface area contributed by atoms with E-state index in [4.69, 9.17) is 5.84 Å². The number of nitrogens with two attached hydrogens (primary N) is 1. The van der Waals surface area contributed by atoms with Crippen LogP contribution in [0.25, 0.3) is 16.9 Å². The number of amides is 1. The molecule has 46 heavy (non-hydrogen) atoms. The molecule has 3 N–H and O–H groups in total. The van der Waals surface area contributed by atoms with Crippen molar-refractivity contribution >= 4 is 43.6 Å². The number of nitrogens with one attached hydrogen (secondary N) is 1. The van der Waals surface area contributed by atoms with Gasteiger partial charge >= 0.3 is 0 Å². The minimum atomic E-state index is -3.95. The average molecular weight is 665 g/mol. The van der Waals surface area contributed by atoms with Gasteiger partial charge in [0, 0.05) is 31.1 Å². The van der Waals surface area contributed by atoms with E-state index in [1.54, 1.807) is 42.6 Å². The number of aliphatic imine (C=N–C) groups is 1. The number of nitrogens with zero attached hydrogens (tertiary/aromatic N) is 6. The highest BCUT2D eigenvalue weighted by molar-refractivity contribution is 7.90. The zero-order valence-corrected chi connectivity index (χ0v) is 27.4. The van der Waals surface area contributed by atoms with Gasteiger partial charge in [-0.05, 0) is 61.0 Å². The molecule has 0 bridgehead atoms. The van der Waals surface area contributed by atoms with E-state index in [2.05, 4.69) is 27.3 Å². The van der Waals surface area contributed by atoms with Gasteiger partial charge in [0.2, 0.25) is 15.9 Å². The normalized spacial score (nSPS) is 12.6. The number of unbranched alkanes of at least 4 members (excludes halogenated alkanes) is 2. The molecule has 4 aromatic rings. The fourth-order valence-corrected chi connectivity index (χ4v) is 7.02. The van der Waals surface area contributed by atoms with Gasteiger partial charge < -0.3 is 5.84 Å². The molecule has 0 aliphatic rings. The lowest BCUT2D eigenvalue weighted by atomic mass is 10.1. The van der Waals surface area contributed by atoms with Crippen LogP contribution in [0.4, 0.5) is 5.69 Å². The third-order valence-corrected chi connectivity index (χ3v) is 10.4. The highest BCUT2D eigenvalue weighted by Gasteiger charge is 2.22. The summed E-state index contributed by atoms with van der Waals surface area (Å²) >= 11 is 0. The summed E-state index contributed by atoms with van der Waals surface area (Å²) in [5.74, 6) is 5.02. The lowest BCUT2D eigenvalue weighted by molar-refractivity contribution is -0.117. The standard InChI is InChI=1S/C31H36N8O5S2/c1-4-6-7-19-38(5-2)46(43,44)29-15-11-26(12-16-29)33-21-30(34-32)24-9-8-10-25(20-24)31-22-39(37-35-31)27-13-17-28(18-14-27)45(41,42)36-23(3)40/h8-18,20-22H,4-7,19,32H2,1-3H3,(H,36,40)/b33-21?,34-30+. The van der Waals surface area contributed by atoms with Crippen molar-refractivity contribution in [2.24, 2.45) is 15.9 Å². The van der Waals surface area contributed by atoms with E-state index >= 15 is 0 Å². The summed E-state index contributed by atoms with van der Waals surface area (Å²) in [6, 6.07) is 19.5. The molecule has 0 spiro atoms. The van der Waals surface area contributed by atoms with Crippen molar-refractivity contribution in [3.05, 3.63) is 84.6 Å². The molecule has 1 aromatic heterocycles. The van der Waals surface area contributed by atoms with E-state index < -0.39 is 26.0 Å². The third-order valence-electron chi connectivity index (χ3n) is 6.95. The summed E-state index contributed by atoms with van der Waals surface area (Å²) in [6.45, 7) is 5.92. The molecular formula is C31H36N8O5S2. The molecule has 13 nitrogen and oxygen atoms in total. The van der Waals surface area contributed by atoms with Gasteiger partial charge in [-0.2, -0.15) is 9.41 Å². The van der Waals surface area contributed by atoms with Gasteiger partial charge in [0.1, 0.15) is 11.4 Å². The first-order valence-corrected chi connectivity index (χ1v) is 17.5. The van der Waals surface area contributed by atoms with Crippen LogP contribution < -0.4 is 10.6 Å². The second-order valence-electron chi connectivity index (χ2n) is 10.3. The Morgan fingerprint density at radius 1 is 0.978 bits per heavy atom. The third kappa shape index (κ3) is 8.29. The number of aromatic nitrogens is 3. The molecule has 3 aromatic carbocycles. The maximum atomic E-state index is 13.1. The summed E-state index contributed by atoms with van der Waals surface area (Å²) in [6.07, 6.45) is 5.99. The van der Waals surface area contributed by atoms with Gasteiger partial charge in [0.15, 0.2) is 0 Å². The Bertz CT molecular complexity index is 1940. The molecule has 0 aliphatic carbocycles. The molecular weight excluding hydrogens is 629 g/mol. The summed E-state index contributed by atoms with van der Waals surface area (Å²) in [7, 11) is -7.55. The van der Waals surface area contributed by atoms with Crippen LogP contribution in [0.5, 0.6) is 0 Å². The molecule has 0 atom stereocenters. The van der Waals surface area contributed by atoms with Gasteiger partial charge in [-0.3, -0.25) is 9.79 Å². The van der Waals surface area contributed by atoms with Crippen LogP contribution in [-0.2, 0) is 24.8 Å². The number of hydrogen-bond acceptors (Lipinski definition) is 10. The van der Waals surface area contributed by atoms with Crippen molar-refractivity contribution in [3.8, 4) is 16.9 Å². The Kier molecular flexibility index (Phi) is 11.2. The first-order valence-electron chi connectivity index (χ1n) is 14.6. The molecule has 0 unspecified atom stereocenters. The molecule has 242 valence electrons. The molecule has 0 saturated carbocycles. The molecule has 0 fully saturated rings. The number of benzene rings is 3. The average Bonchev–Trinajstić information content (AvgIpc) is 3.54. The van der Waals surface area contributed by atoms with Crippen LogP contribution in [0.3, 0.4) is 0 Å². The molecule has 0 radical (unpaired) electrons. The highest BCUT2D eigenvalue weighted by Crippen LogP contribution is 2.22. The predicted octanol–water partition coefficient (Wildman–Crippen LogP) is 4.03. The Balaban J connectivity index is 1.48. The van der Waals surface area contributed by atoms with Gasteiger partial charge in [0.05, 0.1) is 33.6 Å². The fraction of sp³-hybridized carbons (Fsp3) is 0.258. The SMILES string of the molecule is CCCCCN(CC)S(=O)(=O)c1ccc(N=C/C(=N\N)c2cccc(-c3cn(-c4ccc(S(=O)(=O)NC(C)=O)cc4)nn3)c2)cc1. The largest absolute Gasteiger partial charge is 0.323 e. The van der Waals surface area contributed by atoms with Gasteiger partial charge in [0.25, 0.3) is 10.0 Å². The van der Waals surface area contributed by atoms with Crippen molar-refractivity contribution in [1.82, 2.24) is 24.0 Å². The summed E-state index contributed by atoms with van der Waals surface area (Å²) in [5.41, 5.74) is 3.40. The summed E-state index contributed by atoms with van der Waals surface area (Å²) < 4.78 is 55.5. The zero-order chi connectivity index (χ0) is 33.3. The van der Waals surface area contributed by atoms with E-state index in [-0.39, 0.29) is 9.79 Å². The lowest BCUT2D eigenvalue weighted by Crippen LogP contribution is -2.31. The first-order chi connectivity index (χ1) is 22.0. The first kappa shape index (κ1) is 34.1. The van der Waals surface area contributed by atoms with E-state index in [0.29, 0.717) is 41.4 Å². The van der Waals surface area contributed by atoms with Crippen molar-refractivity contribution < 1.29 is 21.6 Å². The molecule has 4 rings (SSSR count). The van der Waals surface area contributed by atoms with Crippen LogP contribution in [0.15, 0.2) is 98.9 Å². The highest BCUT2D eigenvalue weighted by atomic mass is 32.2. The van der Waals surface area contributed by atoms with E-state index in [1.165, 1.54) is 27.3 Å².